The lowest BCUT2D eigenvalue weighted by molar-refractivity contribution is -0.0821. The second-order valence-corrected chi connectivity index (χ2v) is 7.21. The van der Waals surface area contributed by atoms with Crippen molar-refractivity contribution in [1.82, 2.24) is 10.3 Å². The molecule has 3 unspecified atom stereocenters. The van der Waals surface area contributed by atoms with Crippen molar-refractivity contribution in [2.24, 2.45) is 5.92 Å². The van der Waals surface area contributed by atoms with E-state index < -0.39 is 0 Å². The van der Waals surface area contributed by atoms with Crippen molar-refractivity contribution < 1.29 is 4.74 Å². The lowest BCUT2D eigenvalue weighted by atomic mass is 9.79. The Balaban J connectivity index is 1.83. The number of hydrogen-bond donors (Lipinski definition) is 1. The van der Waals surface area contributed by atoms with Crippen LogP contribution in [0.3, 0.4) is 0 Å². The summed E-state index contributed by atoms with van der Waals surface area (Å²) in [5.41, 5.74) is 1.13. The zero-order valence-corrected chi connectivity index (χ0v) is 13.5. The molecule has 2 heterocycles. The molecule has 1 aliphatic heterocycles. The van der Waals surface area contributed by atoms with Gasteiger partial charge in [0.15, 0.2) is 0 Å². The van der Waals surface area contributed by atoms with E-state index in [-0.39, 0.29) is 5.60 Å². The van der Waals surface area contributed by atoms with Gasteiger partial charge < -0.3 is 10.1 Å². The predicted molar refractivity (Wildman–Crippen MR) is 83.0 cm³/mol. The van der Waals surface area contributed by atoms with Gasteiger partial charge in [0.25, 0.3) is 0 Å². The van der Waals surface area contributed by atoms with Crippen molar-refractivity contribution in [2.75, 3.05) is 13.2 Å². The third-order valence-electron chi connectivity index (χ3n) is 4.71. The first-order chi connectivity index (χ1) is 9.73. The lowest BCUT2D eigenvalue weighted by Gasteiger charge is -2.38. The van der Waals surface area contributed by atoms with E-state index in [2.05, 4.69) is 24.5 Å². The highest BCUT2D eigenvalue weighted by molar-refractivity contribution is 7.09. The van der Waals surface area contributed by atoms with Crippen LogP contribution in [-0.2, 0) is 10.3 Å². The van der Waals surface area contributed by atoms with Crippen molar-refractivity contribution in [3.05, 3.63) is 16.1 Å². The molecule has 1 aliphatic carbocycles. The number of nitrogens with one attached hydrogen (secondary N) is 1. The Morgan fingerprint density at radius 3 is 3.05 bits per heavy atom. The molecular weight excluding hydrogens is 268 g/mol. The average molecular weight is 294 g/mol. The smallest absolute Gasteiger partial charge is 0.125 e. The molecular formula is C16H26N2OS. The van der Waals surface area contributed by atoms with Crippen molar-refractivity contribution in [2.45, 2.75) is 64.0 Å². The molecule has 0 spiro atoms. The van der Waals surface area contributed by atoms with Crippen molar-refractivity contribution in [1.29, 1.82) is 0 Å². The van der Waals surface area contributed by atoms with Crippen LogP contribution < -0.4 is 5.32 Å². The summed E-state index contributed by atoms with van der Waals surface area (Å²) in [5, 5.41) is 7.01. The fourth-order valence-corrected chi connectivity index (χ4v) is 4.83. The number of rotatable bonds is 4. The minimum Gasteiger partial charge on any atom is -0.368 e. The van der Waals surface area contributed by atoms with Gasteiger partial charge in [-0.15, -0.1) is 11.3 Å². The molecule has 0 bridgehead atoms. The van der Waals surface area contributed by atoms with Crippen molar-refractivity contribution in [3.63, 3.8) is 0 Å². The van der Waals surface area contributed by atoms with Gasteiger partial charge >= 0.3 is 0 Å². The minimum atomic E-state index is -0.103. The third-order valence-corrected chi connectivity index (χ3v) is 5.75. The van der Waals surface area contributed by atoms with Crippen LogP contribution in [0.2, 0.25) is 0 Å². The lowest BCUT2D eigenvalue weighted by Crippen LogP contribution is -2.35. The van der Waals surface area contributed by atoms with E-state index in [1.54, 1.807) is 0 Å². The van der Waals surface area contributed by atoms with Gasteiger partial charge in [0.05, 0.1) is 11.7 Å². The summed E-state index contributed by atoms with van der Waals surface area (Å²) in [6, 6.07) is 0.472. The maximum atomic E-state index is 6.23. The Morgan fingerprint density at radius 2 is 2.35 bits per heavy atom. The molecule has 2 fully saturated rings. The minimum absolute atomic E-state index is 0.103. The van der Waals surface area contributed by atoms with Crippen LogP contribution >= 0.6 is 11.3 Å². The van der Waals surface area contributed by atoms with Gasteiger partial charge in [0.1, 0.15) is 10.6 Å². The predicted octanol–water partition coefficient (Wildman–Crippen LogP) is 4.01. The summed E-state index contributed by atoms with van der Waals surface area (Å²) < 4.78 is 6.23. The Kier molecular flexibility index (Phi) is 4.43. The van der Waals surface area contributed by atoms with Crippen LogP contribution in [0.15, 0.2) is 5.38 Å². The number of hydrogen-bond acceptors (Lipinski definition) is 4. The molecule has 0 aromatic carbocycles. The largest absolute Gasteiger partial charge is 0.368 e. The molecule has 0 amide bonds. The van der Waals surface area contributed by atoms with Gasteiger partial charge in [-0.05, 0) is 51.5 Å². The van der Waals surface area contributed by atoms with E-state index in [0.717, 1.165) is 31.9 Å². The van der Waals surface area contributed by atoms with Gasteiger partial charge in [0.2, 0.25) is 0 Å². The maximum Gasteiger partial charge on any atom is 0.125 e. The highest BCUT2D eigenvalue weighted by atomic mass is 32.1. The van der Waals surface area contributed by atoms with E-state index in [1.807, 2.05) is 11.3 Å². The van der Waals surface area contributed by atoms with E-state index in [1.165, 1.54) is 36.4 Å². The second kappa shape index (κ2) is 6.12. The molecule has 1 saturated heterocycles. The summed E-state index contributed by atoms with van der Waals surface area (Å²) in [7, 11) is 0. The summed E-state index contributed by atoms with van der Waals surface area (Å²) in [6.45, 7) is 6.36. The molecule has 20 heavy (non-hydrogen) atoms. The number of nitrogens with zero attached hydrogens (tertiary/aromatic N) is 1. The number of ether oxygens (including phenoxy) is 1. The maximum absolute atomic E-state index is 6.23. The summed E-state index contributed by atoms with van der Waals surface area (Å²) in [5.74, 6) is 0.743. The Hall–Kier alpha value is -0.450. The van der Waals surface area contributed by atoms with Gasteiger partial charge in [-0.2, -0.15) is 0 Å². The molecule has 4 heteroatoms. The van der Waals surface area contributed by atoms with Crippen LogP contribution in [0.5, 0.6) is 0 Å². The fraction of sp³-hybridized carbons (Fsp3) is 0.812. The van der Waals surface area contributed by atoms with E-state index in [0.29, 0.717) is 6.04 Å². The highest BCUT2D eigenvalue weighted by Gasteiger charge is 2.40. The summed E-state index contributed by atoms with van der Waals surface area (Å²) in [4.78, 5) is 4.97. The SMILES string of the molecule is CCOC1(c2nc(C3CCCN3)cs2)CCCC(C)C1. The second-order valence-electron chi connectivity index (χ2n) is 6.36. The first kappa shape index (κ1) is 14.5. The van der Waals surface area contributed by atoms with Crippen LogP contribution in [0.25, 0.3) is 0 Å². The number of aromatic nitrogens is 1. The van der Waals surface area contributed by atoms with Crippen LogP contribution in [0, 0.1) is 5.92 Å². The number of thiazole rings is 1. The first-order valence-electron chi connectivity index (χ1n) is 8.07. The van der Waals surface area contributed by atoms with Gasteiger partial charge in [-0.3, -0.25) is 0 Å². The zero-order valence-electron chi connectivity index (χ0n) is 12.7. The molecule has 1 N–H and O–H groups in total. The van der Waals surface area contributed by atoms with E-state index >= 15 is 0 Å². The fourth-order valence-electron chi connectivity index (χ4n) is 3.76. The monoisotopic (exact) mass is 294 g/mol. The Labute approximate surface area is 126 Å². The Morgan fingerprint density at radius 1 is 1.45 bits per heavy atom. The van der Waals surface area contributed by atoms with Crippen LogP contribution in [0.1, 0.15) is 69.1 Å². The topological polar surface area (TPSA) is 34.1 Å². The molecule has 2 aliphatic rings. The first-order valence-corrected chi connectivity index (χ1v) is 8.95. The molecule has 1 aromatic rings. The molecule has 112 valence electrons. The van der Waals surface area contributed by atoms with Crippen LogP contribution in [-0.4, -0.2) is 18.1 Å². The molecule has 1 saturated carbocycles. The van der Waals surface area contributed by atoms with Crippen molar-refractivity contribution >= 4 is 11.3 Å². The van der Waals surface area contributed by atoms with Crippen molar-refractivity contribution in [3.8, 4) is 0 Å². The summed E-state index contributed by atoms with van der Waals surface area (Å²) in [6.07, 6.45) is 7.35. The Bertz CT molecular complexity index is 437. The van der Waals surface area contributed by atoms with Crippen LogP contribution in [0.4, 0.5) is 0 Å². The van der Waals surface area contributed by atoms with Gasteiger partial charge in [0, 0.05) is 12.0 Å². The third kappa shape index (κ3) is 2.78. The zero-order chi connectivity index (χ0) is 14.0. The quantitative estimate of drug-likeness (QED) is 0.911. The molecule has 3 nitrogen and oxygen atoms in total. The highest BCUT2D eigenvalue weighted by Crippen LogP contribution is 2.44. The molecule has 3 rings (SSSR count). The molecule has 3 atom stereocenters. The standard InChI is InChI=1S/C16H26N2OS/c1-3-19-16(8-4-6-12(2)10-16)15-18-14(11-20-15)13-7-5-9-17-13/h11-13,17H,3-10H2,1-2H3. The molecule has 1 aromatic heterocycles. The average Bonchev–Trinajstić information content (AvgIpc) is 3.10. The summed E-state index contributed by atoms with van der Waals surface area (Å²) >= 11 is 1.81. The normalized spacial score (nSPS) is 34.5. The van der Waals surface area contributed by atoms with Gasteiger partial charge in [-0.1, -0.05) is 13.3 Å². The van der Waals surface area contributed by atoms with Gasteiger partial charge in [-0.25, -0.2) is 4.98 Å². The van der Waals surface area contributed by atoms with E-state index in [9.17, 15) is 0 Å². The van der Waals surface area contributed by atoms with E-state index in [4.69, 9.17) is 9.72 Å². The molecule has 0 radical (unpaired) electrons.